The highest BCUT2D eigenvalue weighted by Crippen LogP contribution is 2.31. The van der Waals surface area contributed by atoms with Gasteiger partial charge in [0.25, 0.3) is 5.91 Å². The second kappa shape index (κ2) is 7.95. The fraction of sp³-hybridized carbons (Fsp3) is 0.167. The largest absolute Gasteiger partial charge is 0.279 e. The summed E-state index contributed by atoms with van der Waals surface area (Å²) in [5, 5.41) is 0.735. The summed E-state index contributed by atoms with van der Waals surface area (Å²) in [5.41, 5.74) is 5.05. The maximum Gasteiger partial charge on any atom is 0.260 e. The average molecular weight is 387 g/mol. The second-order valence-electron chi connectivity index (χ2n) is 6.90. The summed E-state index contributed by atoms with van der Waals surface area (Å²) in [6.45, 7) is 4.64. The van der Waals surface area contributed by atoms with Gasteiger partial charge in [-0.3, -0.25) is 9.69 Å². The number of amides is 1. The molecule has 4 aromatic rings. The molecule has 0 saturated heterocycles. The lowest BCUT2D eigenvalue weighted by atomic mass is 10.1. The normalized spacial score (nSPS) is 10.9. The number of anilines is 1. The van der Waals surface area contributed by atoms with E-state index in [4.69, 9.17) is 4.98 Å². The maximum absolute atomic E-state index is 13.4. The third kappa shape index (κ3) is 3.82. The van der Waals surface area contributed by atoms with E-state index < -0.39 is 0 Å². The van der Waals surface area contributed by atoms with Gasteiger partial charge in [-0.25, -0.2) is 4.98 Å². The van der Waals surface area contributed by atoms with Crippen LogP contribution in [0.25, 0.3) is 10.2 Å². The van der Waals surface area contributed by atoms with E-state index >= 15 is 0 Å². The molecule has 0 radical (unpaired) electrons. The maximum atomic E-state index is 13.4. The van der Waals surface area contributed by atoms with Crippen LogP contribution in [-0.4, -0.2) is 10.9 Å². The van der Waals surface area contributed by atoms with Crippen LogP contribution in [0.1, 0.15) is 34.0 Å². The van der Waals surface area contributed by atoms with Crippen LogP contribution in [0.3, 0.4) is 0 Å². The Balaban J connectivity index is 1.77. The van der Waals surface area contributed by atoms with E-state index in [2.05, 4.69) is 19.1 Å². The zero-order chi connectivity index (χ0) is 19.5. The quantitative estimate of drug-likeness (QED) is 0.420. The number of hydrogen-bond acceptors (Lipinski definition) is 3. The van der Waals surface area contributed by atoms with Crippen LogP contribution >= 0.6 is 11.3 Å². The topological polar surface area (TPSA) is 33.2 Å². The summed E-state index contributed by atoms with van der Waals surface area (Å²) in [5.74, 6) is -0.0256. The highest BCUT2D eigenvalue weighted by atomic mass is 32.1. The van der Waals surface area contributed by atoms with Gasteiger partial charge >= 0.3 is 0 Å². The van der Waals surface area contributed by atoms with Crippen molar-refractivity contribution in [3.8, 4) is 0 Å². The zero-order valence-corrected chi connectivity index (χ0v) is 16.9. The van der Waals surface area contributed by atoms with Crippen molar-refractivity contribution in [2.45, 2.75) is 26.8 Å². The molecule has 1 amide bonds. The third-order valence-electron chi connectivity index (χ3n) is 4.77. The van der Waals surface area contributed by atoms with Crippen molar-refractivity contribution in [3.05, 3.63) is 95.1 Å². The van der Waals surface area contributed by atoms with Crippen molar-refractivity contribution < 1.29 is 4.79 Å². The van der Waals surface area contributed by atoms with Crippen molar-refractivity contribution in [2.75, 3.05) is 4.90 Å². The van der Waals surface area contributed by atoms with Crippen molar-refractivity contribution in [1.29, 1.82) is 0 Å². The molecule has 4 heteroatoms. The summed E-state index contributed by atoms with van der Waals surface area (Å²) in [6, 6.07) is 24.1. The highest BCUT2D eigenvalue weighted by Gasteiger charge is 2.22. The van der Waals surface area contributed by atoms with Gasteiger partial charge in [0.05, 0.1) is 16.8 Å². The molecule has 28 heavy (non-hydrogen) atoms. The number of carbonyl (C=O) groups excluding carboxylic acids is 1. The molecule has 0 fully saturated rings. The van der Waals surface area contributed by atoms with Crippen molar-refractivity contribution in [3.63, 3.8) is 0 Å². The van der Waals surface area contributed by atoms with Gasteiger partial charge in [0.2, 0.25) is 0 Å². The van der Waals surface area contributed by atoms with Gasteiger partial charge in [0.15, 0.2) is 5.13 Å². The smallest absolute Gasteiger partial charge is 0.260 e. The van der Waals surface area contributed by atoms with Gasteiger partial charge in [0, 0.05) is 5.56 Å². The van der Waals surface area contributed by atoms with Crippen molar-refractivity contribution >= 4 is 32.6 Å². The van der Waals surface area contributed by atoms with E-state index in [-0.39, 0.29) is 5.91 Å². The molecule has 3 aromatic carbocycles. The Morgan fingerprint density at radius 1 is 0.964 bits per heavy atom. The van der Waals surface area contributed by atoms with Crippen LogP contribution < -0.4 is 4.90 Å². The Morgan fingerprint density at radius 2 is 1.79 bits per heavy atom. The first-order chi connectivity index (χ1) is 13.6. The summed E-state index contributed by atoms with van der Waals surface area (Å²) in [7, 11) is 0. The molecule has 0 aliphatic rings. The minimum atomic E-state index is -0.0256. The fourth-order valence-corrected chi connectivity index (χ4v) is 4.25. The van der Waals surface area contributed by atoms with Crippen LogP contribution in [0.4, 0.5) is 5.13 Å². The van der Waals surface area contributed by atoms with Gasteiger partial charge in [0.1, 0.15) is 0 Å². The number of nitrogens with zero attached hydrogens (tertiary/aromatic N) is 2. The molecule has 0 atom stereocenters. The van der Waals surface area contributed by atoms with Gasteiger partial charge in [-0.2, -0.15) is 0 Å². The highest BCUT2D eigenvalue weighted by molar-refractivity contribution is 7.22. The number of rotatable bonds is 5. The Morgan fingerprint density at radius 3 is 2.54 bits per heavy atom. The zero-order valence-electron chi connectivity index (χ0n) is 16.1. The lowest BCUT2D eigenvalue weighted by Crippen LogP contribution is -2.30. The van der Waals surface area contributed by atoms with E-state index in [1.165, 1.54) is 5.56 Å². The van der Waals surface area contributed by atoms with Crippen LogP contribution in [0.15, 0.2) is 72.8 Å². The molecule has 0 bridgehead atoms. The number of hydrogen-bond donors (Lipinski definition) is 0. The van der Waals surface area contributed by atoms with E-state index in [9.17, 15) is 4.79 Å². The molecule has 0 aliphatic carbocycles. The van der Waals surface area contributed by atoms with E-state index in [0.29, 0.717) is 12.1 Å². The monoisotopic (exact) mass is 386 g/mol. The van der Waals surface area contributed by atoms with Crippen LogP contribution in [0.2, 0.25) is 0 Å². The molecule has 1 aromatic heterocycles. The lowest BCUT2D eigenvalue weighted by Gasteiger charge is -2.20. The molecule has 4 rings (SSSR count). The van der Waals surface area contributed by atoms with Gasteiger partial charge in [-0.05, 0) is 48.7 Å². The Bertz CT molecular complexity index is 1120. The van der Waals surface area contributed by atoms with Crippen molar-refractivity contribution in [2.24, 2.45) is 0 Å². The molecule has 3 nitrogen and oxygen atoms in total. The average Bonchev–Trinajstić information content (AvgIpc) is 3.15. The standard InChI is InChI=1S/C24H22N2OS/c1-3-18-12-13-21-22(15-18)28-24(25-21)26(16-19-9-5-4-6-10-19)23(27)20-11-7-8-17(2)14-20/h4-15H,3,16H2,1-2H3. The third-order valence-corrected chi connectivity index (χ3v) is 5.82. The van der Waals surface area contributed by atoms with E-state index in [1.807, 2.05) is 67.6 Å². The molecule has 140 valence electrons. The minimum Gasteiger partial charge on any atom is -0.279 e. The minimum absolute atomic E-state index is 0.0256. The number of thiazole rings is 1. The Hall–Kier alpha value is -2.98. The van der Waals surface area contributed by atoms with Crippen LogP contribution in [0, 0.1) is 6.92 Å². The number of fused-ring (bicyclic) bond motifs is 1. The summed E-state index contributed by atoms with van der Waals surface area (Å²) in [6.07, 6.45) is 0.985. The Labute approximate surface area is 169 Å². The van der Waals surface area contributed by atoms with Crippen LogP contribution in [0.5, 0.6) is 0 Å². The van der Waals surface area contributed by atoms with Gasteiger partial charge in [-0.15, -0.1) is 0 Å². The fourth-order valence-electron chi connectivity index (χ4n) is 3.22. The first-order valence-corrected chi connectivity index (χ1v) is 10.3. The predicted molar refractivity (Wildman–Crippen MR) is 117 cm³/mol. The summed E-state index contributed by atoms with van der Waals surface area (Å²) < 4.78 is 1.12. The predicted octanol–water partition coefficient (Wildman–Crippen LogP) is 6.01. The molecule has 0 unspecified atom stereocenters. The molecule has 0 saturated carbocycles. The number of aromatic nitrogens is 1. The number of carbonyl (C=O) groups is 1. The van der Waals surface area contributed by atoms with Gasteiger partial charge < -0.3 is 0 Å². The molecule has 0 N–H and O–H groups in total. The first kappa shape index (κ1) is 18.4. The number of aryl methyl sites for hydroxylation is 2. The Kier molecular flexibility index (Phi) is 5.22. The molecule has 1 heterocycles. The van der Waals surface area contributed by atoms with Crippen LogP contribution in [-0.2, 0) is 13.0 Å². The molecular weight excluding hydrogens is 364 g/mol. The van der Waals surface area contributed by atoms with Gasteiger partial charge in [-0.1, -0.05) is 72.4 Å². The summed E-state index contributed by atoms with van der Waals surface area (Å²) in [4.78, 5) is 20.0. The molecule has 0 aliphatic heterocycles. The molecule has 0 spiro atoms. The van der Waals surface area contributed by atoms with E-state index in [0.717, 1.165) is 32.9 Å². The first-order valence-electron chi connectivity index (χ1n) is 9.46. The molecular formula is C24H22N2OS. The number of benzene rings is 3. The lowest BCUT2D eigenvalue weighted by molar-refractivity contribution is 0.0985. The van der Waals surface area contributed by atoms with Crippen molar-refractivity contribution in [1.82, 2.24) is 4.98 Å². The summed E-state index contributed by atoms with van der Waals surface area (Å²) >= 11 is 1.58. The van der Waals surface area contributed by atoms with E-state index in [1.54, 1.807) is 16.2 Å². The SMILES string of the molecule is CCc1ccc2nc(N(Cc3ccccc3)C(=O)c3cccc(C)c3)sc2c1. The second-order valence-corrected chi connectivity index (χ2v) is 7.91.